The highest BCUT2D eigenvalue weighted by Crippen LogP contribution is 2.23. The summed E-state index contributed by atoms with van der Waals surface area (Å²) in [5.41, 5.74) is 1.72. The van der Waals surface area contributed by atoms with Gasteiger partial charge in [0.05, 0.1) is 22.0 Å². The molecule has 11 heteroatoms. The number of carbonyl (C=O) groups excluding carboxylic acids is 3. The van der Waals surface area contributed by atoms with Gasteiger partial charge in [-0.2, -0.15) is 0 Å². The van der Waals surface area contributed by atoms with Gasteiger partial charge in [0, 0.05) is 29.4 Å². The zero-order valence-electron chi connectivity index (χ0n) is 16.8. The summed E-state index contributed by atoms with van der Waals surface area (Å²) in [7, 11) is 0. The summed E-state index contributed by atoms with van der Waals surface area (Å²) in [6.07, 6.45) is 0. The number of halogens is 2. The summed E-state index contributed by atoms with van der Waals surface area (Å²) in [5, 5.41) is 10.1. The van der Waals surface area contributed by atoms with Crippen LogP contribution in [0.4, 0.5) is 20.9 Å². The first-order chi connectivity index (χ1) is 15.3. The van der Waals surface area contributed by atoms with Crippen LogP contribution in [0.25, 0.3) is 0 Å². The average molecular weight is 493 g/mol. The zero-order chi connectivity index (χ0) is 23.1. The van der Waals surface area contributed by atoms with Gasteiger partial charge in [-0.15, -0.1) is 23.1 Å². The van der Waals surface area contributed by atoms with E-state index in [1.54, 1.807) is 29.6 Å². The Labute approximate surface area is 196 Å². The second-order valence-corrected chi connectivity index (χ2v) is 8.75. The molecule has 1 aromatic heterocycles. The zero-order valence-corrected chi connectivity index (χ0v) is 19.2. The Kier molecular flexibility index (Phi) is 8.20. The Morgan fingerprint density at radius 3 is 2.41 bits per heavy atom. The van der Waals surface area contributed by atoms with E-state index in [0.29, 0.717) is 28.0 Å². The first-order valence-electron chi connectivity index (χ1n) is 9.27. The van der Waals surface area contributed by atoms with Crippen LogP contribution < -0.4 is 16.0 Å². The Balaban J connectivity index is 1.45. The van der Waals surface area contributed by atoms with E-state index in [1.807, 2.05) is 0 Å². The third-order valence-electron chi connectivity index (χ3n) is 3.93. The molecule has 2 aromatic carbocycles. The minimum atomic E-state index is -0.710. The van der Waals surface area contributed by atoms with Crippen molar-refractivity contribution in [2.24, 2.45) is 0 Å². The van der Waals surface area contributed by atoms with Gasteiger partial charge in [-0.05, 0) is 36.4 Å². The summed E-state index contributed by atoms with van der Waals surface area (Å²) in [4.78, 5) is 39.7. The molecule has 0 spiro atoms. The van der Waals surface area contributed by atoms with Crippen LogP contribution in [-0.4, -0.2) is 28.5 Å². The van der Waals surface area contributed by atoms with Crippen LogP contribution in [0, 0.1) is 5.82 Å². The summed E-state index contributed by atoms with van der Waals surface area (Å²) >= 11 is 8.46. The topological polar surface area (TPSA) is 100 Å². The molecule has 0 bridgehead atoms. The third kappa shape index (κ3) is 6.78. The molecule has 0 atom stereocenters. The molecule has 3 N–H and O–H groups in total. The molecule has 0 aliphatic carbocycles. The second-order valence-electron chi connectivity index (χ2n) is 6.49. The number of hydrogen-bond acceptors (Lipinski definition) is 6. The van der Waals surface area contributed by atoms with E-state index < -0.39 is 11.7 Å². The van der Waals surface area contributed by atoms with Gasteiger partial charge in [0.2, 0.25) is 11.8 Å². The van der Waals surface area contributed by atoms with Crippen molar-refractivity contribution >= 4 is 68.9 Å². The van der Waals surface area contributed by atoms with Gasteiger partial charge in [0.15, 0.2) is 5.13 Å². The van der Waals surface area contributed by atoms with Crippen LogP contribution in [0.15, 0.2) is 47.8 Å². The normalized spacial score (nSPS) is 10.5. The molecule has 0 fully saturated rings. The number of carbonyl (C=O) groups is 3. The van der Waals surface area contributed by atoms with Crippen molar-refractivity contribution in [2.75, 3.05) is 21.7 Å². The van der Waals surface area contributed by atoms with Gasteiger partial charge in [-0.25, -0.2) is 9.37 Å². The van der Waals surface area contributed by atoms with Crippen LogP contribution in [0.5, 0.6) is 0 Å². The number of nitrogens with zero attached hydrogens (tertiary/aromatic N) is 1. The van der Waals surface area contributed by atoms with Gasteiger partial charge >= 0.3 is 0 Å². The molecule has 0 unspecified atom stereocenters. The number of nitrogens with one attached hydrogen (secondary N) is 3. The molecule has 0 radical (unpaired) electrons. The van der Waals surface area contributed by atoms with E-state index >= 15 is 0 Å². The average Bonchev–Trinajstić information content (AvgIpc) is 3.16. The van der Waals surface area contributed by atoms with Crippen molar-refractivity contribution in [3.63, 3.8) is 0 Å². The third-order valence-corrected chi connectivity index (χ3v) is 6.02. The molecule has 0 aliphatic heterocycles. The van der Waals surface area contributed by atoms with E-state index in [9.17, 15) is 18.8 Å². The Morgan fingerprint density at radius 2 is 1.75 bits per heavy atom. The molecule has 3 rings (SSSR count). The number of thioether (sulfide) groups is 1. The van der Waals surface area contributed by atoms with Gasteiger partial charge in [0.25, 0.3) is 5.91 Å². The number of anilines is 3. The first-order valence-corrected chi connectivity index (χ1v) is 11.7. The monoisotopic (exact) mass is 492 g/mol. The van der Waals surface area contributed by atoms with Crippen LogP contribution in [0.2, 0.25) is 5.02 Å². The van der Waals surface area contributed by atoms with E-state index in [2.05, 4.69) is 20.9 Å². The van der Waals surface area contributed by atoms with Crippen molar-refractivity contribution in [1.29, 1.82) is 0 Å². The lowest BCUT2D eigenvalue weighted by Crippen LogP contribution is -2.14. The highest BCUT2D eigenvalue weighted by molar-refractivity contribution is 7.99. The second kappa shape index (κ2) is 11.1. The Hall–Kier alpha value is -2.95. The largest absolute Gasteiger partial charge is 0.326 e. The van der Waals surface area contributed by atoms with E-state index in [-0.39, 0.29) is 28.2 Å². The molecule has 0 aliphatic rings. The van der Waals surface area contributed by atoms with Gasteiger partial charge in [-0.3, -0.25) is 19.7 Å². The standard InChI is InChI=1S/C21H18ClFN4O3S2/c1-12(28)24-13-5-7-14(8-6-13)25-18(29)11-31-9-15-10-32-21(26-15)27-20(30)19-16(22)3-2-4-17(19)23/h2-8,10H,9,11H2,1H3,(H,24,28)(H,25,29)(H,26,27,30). The molecule has 1 heterocycles. The van der Waals surface area contributed by atoms with Crippen molar-refractivity contribution < 1.29 is 18.8 Å². The summed E-state index contributed by atoms with van der Waals surface area (Å²) in [5.74, 6) is -1.07. The molecule has 166 valence electrons. The maximum Gasteiger partial charge on any atom is 0.261 e. The van der Waals surface area contributed by atoms with Gasteiger partial charge < -0.3 is 10.6 Å². The maximum atomic E-state index is 13.9. The molecule has 7 nitrogen and oxygen atoms in total. The number of rotatable bonds is 8. The number of hydrogen-bond donors (Lipinski definition) is 3. The molecule has 0 saturated heterocycles. The van der Waals surface area contributed by atoms with Crippen LogP contribution in [0.1, 0.15) is 23.0 Å². The lowest BCUT2D eigenvalue weighted by atomic mass is 10.2. The van der Waals surface area contributed by atoms with E-state index in [1.165, 1.54) is 42.2 Å². The van der Waals surface area contributed by atoms with Gasteiger partial charge in [-0.1, -0.05) is 17.7 Å². The van der Waals surface area contributed by atoms with Crippen LogP contribution in [0.3, 0.4) is 0 Å². The molecule has 32 heavy (non-hydrogen) atoms. The fraction of sp³-hybridized carbons (Fsp3) is 0.143. The molecule has 0 saturated carbocycles. The summed E-state index contributed by atoms with van der Waals surface area (Å²) in [6, 6.07) is 10.8. The highest BCUT2D eigenvalue weighted by Gasteiger charge is 2.17. The van der Waals surface area contributed by atoms with Crippen LogP contribution >= 0.6 is 34.7 Å². The smallest absolute Gasteiger partial charge is 0.261 e. The minimum Gasteiger partial charge on any atom is -0.326 e. The van der Waals surface area contributed by atoms with Crippen molar-refractivity contribution in [2.45, 2.75) is 12.7 Å². The van der Waals surface area contributed by atoms with Crippen molar-refractivity contribution in [3.8, 4) is 0 Å². The van der Waals surface area contributed by atoms with Gasteiger partial charge in [0.1, 0.15) is 5.82 Å². The quantitative estimate of drug-likeness (QED) is 0.410. The summed E-state index contributed by atoms with van der Waals surface area (Å²) < 4.78 is 13.9. The fourth-order valence-electron chi connectivity index (χ4n) is 2.59. The SMILES string of the molecule is CC(=O)Nc1ccc(NC(=O)CSCc2csc(NC(=O)c3c(F)cccc3Cl)n2)cc1. The first kappa shape index (κ1) is 23.7. The Morgan fingerprint density at radius 1 is 1.06 bits per heavy atom. The number of benzene rings is 2. The molecular weight excluding hydrogens is 475 g/mol. The molecule has 3 amide bonds. The lowest BCUT2D eigenvalue weighted by molar-refractivity contribution is -0.114. The predicted octanol–water partition coefficient (Wildman–Crippen LogP) is 5.02. The summed E-state index contributed by atoms with van der Waals surface area (Å²) in [6.45, 7) is 1.42. The van der Waals surface area contributed by atoms with Crippen molar-refractivity contribution in [3.05, 3.63) is 69.9 Å². The maximum absolute atomic E-state index is 13.9. The Bertz CT molecular complexity index is 1120. The van der Waals surface area contributed by atoms with E-state index in [4.69, 9.17) is 11.6 Å². The van der Waals surface area contributed by atoms with Crippen molar-refractivity contribution in [1.82, 2.24) is 4.98 Å². The number of amides is 3. The number of thiazole rings is 1. The lowest BCUT2D eigenvalue weighted by Gasteiger charge is -2.06. The predicted molar refractivity (Wildman–Crippen MR) is 127 cm³/mol. The highest BCUT2D eigenvalue weighted by atomic mass is 35.5. The molecular formula is C21H18ClFN4O3S2. The number of aromatic nitrogens is 1. The fourth-order valence-corrected chi connectivity index (χ4v) is 4.37. The van der Waals surface area contributed by atoms with E-state index in [0.717, 1.165) is 6.07 Å². The van der Waals surface area contributed by atoms with Crippen LogP contribution in [-0.2, 0) is 15.3 Å². The minimum absolute atomic E-state index is 0.0191. The molecule has 3 aromatic rings.